The van der Waals surface area contributed by atoms with Crippen molar-refractivity contribution < 1.29 is 14.1 Å². The smallest absolute Gasteiger partial charge is 0.255 e. The number of aromatic hydroxyl groups is 1. The van der Waals surface area contributed by atoms with E-state index in [4.69, 9.17) is 0 Å². The van der Waals surface area contributed by atoms with Gasteiger partial charge in [-0.15, -0.1) is 0 Å². The zero-order valence-corrected chi connectivity index (χ0v) is 11.1. The highest BCUT2D eigenvalue weighted by atomic mass is 79.9. The molecule has 1 rings (SSSR count). The Hall–Kier alpha value is -0.880. The quantitative estimate of drug-likeness (QED) is 0.880. The molecule has 6 heteroatoms. The first-order valence-electron chi connectivity index (χ1n) is 4.57. The molecule has 16 heavy (non-hydrogen) atoms. The second kappa shape index (κ2) is 6.00. The van der Waals surface area contributed by atoms with E-state index in [9.17, 15) is 14.1 Å². The lowest BCUT2D eigenvalue weighted by Crippen LogP contribution is -2.27. The van der Waals surface area contributed by atoms with E-state index in [1.165, 1.54) is 12.1 Å². The summed E-state index contributed by atoms with van der Waals surface area (Å²) in [6.45, 7) is 0.331. The molecular weight excluding hydrogens is 294 g/mol. The van der Waals surface area contributed by atoms with Crippen LogP contribution >= 0.6 is 15.9 Å². The zero-order valence-electron chi connectivity index (χ0n) is 8.70. The molecule has 0 heterocycles. The van der Waals surface area contributed by atoms with Gasteiger partial charge in [-0.1, -0.05) is 15.9 Å². The van der Waals surface area contributed by atoms with Crippen molar-refractivity contribution in [1.82, 2.24) is 5.32 Å². The standard InChI is InChI=1S/C10H12BrNO3S/c1-16(15)5-4-12-10(14)8-3-2-7(11)6-9(8)13/h2-3,6,13H,4-5H2,1H3,(H,12,14). The summed E-state index contributed by atoms with van der Waals surface area (Å²) >= 11 is 3.19. The van der Waals surface area contributed by atoms with Crippen LogP contribution in [0.5, 0.6) is 5.75 Å². The first-order valence-corrected chi connectivity index (χ1v) is 7.09. The van der Waals surface area contributed by atoms with Gasteiger partial charge >= 0.3 is 0 Å². The summed E-state index contributed by atoms with van der Waals surface area (Å²) in [6.07, 6.45) is 1.57. The van der Waals surface area contributed by atoms with Crippen molar-refractivity contribution in [2.75, 3.05) is 18.6 Å². The number of halogens is 1. The van der Waals surface area contributed by atoms with Crippen molar-refractivity contribution in [2.45, 2.75) is 0 Å². The maximum absolute atomic E-state index is 11.6. The number of amides is 1. The normalized spacial score (nSPS) is 12.1. The third-order valence-electron chi connectivity index (χ3n) is 1.88. The van der Waals surface area contributed by atoms with Gasteiger partial charge in [-0.05, 0) is 18.2 Å². The molecule has 0 saturated heterocycles. The third kappa shape index (κ3) is 3.94. The molecule has 0 fully saturated rings. The van der Waals surface area contributed by atoms with Crippen LogP contribution in [0.4, 0.5) is 0 Å². The molecule has 0 aliphatic rings. The number of nitrogens with one attached hydrogen (secondary N) is 1. The van der Waals surface area contributed by atoms with Crippen molar-refractivity contribution in [2.24, 2.45) is 0 Å². The summed E-state index contributed by atoms with van der Waals surface area (Å²) < 4.78 is 11.5. The van der Waals surface area contributed by atoms with Crippen LogP contribution in [0.2, 0.25) is 0 Å². The molecule has 0 spiro atoms. The van der Waals surface area contributed by atoms with E-state index in [0.717, 1.165) is 0 Å². The summed E-state index contributed by atoms with van der Waals surface area (Å²) in [5.74, 6) is -0.0387. The maximum atomic E-state index is 11.6. The Morgan fingerprint density at radius 1 is 1.56 bits per heavy atom. The highest BCUT2D eigenvalue weighted by molar-refractivity contribution is 9.10. The molecular formula is C10H12BrNO3S. The van der Waals surface area contributed by atoms with E-state index in [0.29, 0.717) is 16.8 Å². The highest BCUT2D eigenvalue weighted by Crippen LogP contribution is 2.21. The second-order valence-corrected chi connectivity index (χ2v) is 5.66. The molecule has 1 atom stereocenters. The van der Waals surface area contributed by atoms with Gasteiger partial charge in [0.25, 0.3) is 5.91 Å². The molecule has 0 aliphatic carbocycles. The van der Waals surface area contributed by atoms with Crippen LogP contribution in [0, 0.1) is 0 Å². The van der Waals surface area contributed by atoms with E-state index in [-0.39, 0.29) is 17.2 Å². The average molecular weight is 306 g/mol. The summed E-state index contributed by atoms with van der Waals surface area (Å²) in [7, 11) is -0.932. The number of hydrogen-bond acceptors (Lipinski definition) is 3. The minimum Gasteiger partial charge on any atom is -0.507 e. The summed E-state index contributed by atoms with van der Waals surface area (Å²) in [6, 6.07) is 4.65. The van der Waals surface area contributed by atoms with Gasteiger partial charge in [-0.25, -0.2) is 0 Å². The first-order chi connectivity index (χ1) is 7.50. The fourth-order valence-electron chi connectivity index (χ4n) is 1.10. The molecule has 1 aromatic rings. The molecule has 1 unspecified atom stereocenters. The fourth-order valence-corrected chi connectivity index (χ4v) is 1.84. The SMILES string of the molecule is CS(=O)CCNC(=O)c1ccc(Br)cc1O. The monoisotopic (exact) mass is 305 g/mol. The summed E-state index contributed by atoms with van der Waals surface area (Å²) in [5, 5.41) is 12.1. The number of carbonyl (C=O) groups is 1. The lowest BCUT2D eigenvalue weighted by molar-refractivity contribution is 0.0953. The second-order valence-electron chi connectivity index (χ2n) is 3.19. The summed E-state index contributed by atoms with van der Waals surface area (Å²) in [5.41, 5.74) is 0.213. The molecule has 4 nitrogen and oxygen atoms in total. The zero-order chi connectivity index (χ0) is 12.1. The van der Waals surface area contributed by atoms with E-state index in [1.54, 1.807) is 12.3 Å². The van der Waals surface area contributed by atoms with Gasteiger partial charge in [-0.3, -0.25) is 9.00 Å². The predicted octanol–water partition coefficient (Wildman–Crippen LogP) is 1.26. The van der Waals surface area contributed by atoms with Gasteiger partial charge < -0.3 is 10.4 Å². The molecule has 0 aromatic heterocycles. The van der Waals surface area contributed by atoms with Gasteiger partial charge in [0.05, 0.1) is 5.56 Å². The first kappa shape index (κ1) is 13.2. The number of phenols is 1. The van der Waals surface area contributed by atoms with Crippen molar-refractivity contribution in [1.29, 1.82) is 0 Å². The molecule has 0 radical (unpaired) electrons. The van der Waals surface area contributed by atoms with Crippen molar-refractivity contribution in [3.63, 3.8) is 0 Å². The van der Waals surface area contributed by atoms with Crippen LogP contribution in [-0.2, 0) is 10.8 Å². The van der Waals surface area contributed by atoms with Gasteiger partial charge in [0.2, 0.25) is 0 Å². The third-order valence-corrected chi connectivity index (χ3v) is 3.15. The molecule has 0 saturated carbocycles. The van der Waals surface area contributed by atoms with E-state index in [1.807, 2.05) is 0 Å². The van der Waals surface area contributed by atoms with Crippen LogP contribution < -0.4 is 5.32 Å². The van der Waals surface area contributed by atoms with Crippen LogP contribution in [0.15, 0.2) is 22.7 Å². The van der Waals surface area contributed by atoms with E-state index in [2.05, 4.69) is 21.2 Å². The van der Waals surface area contributed by atoms with Crippen LogP contribution in [0.25, 0.3) is 0 Å². The van der Waals surface area contributed by atoms with Crippen LogP contribution in [0.3, 0.4) is 0 Å². The fraction of sp³-hybridized carbons (Fsp3) is 0.300. The number of phenolic OH excluding ortho intramolecular Hbond substituents is 1. The molecule has 0 aliphatic heterocycles. The Balaban J connectivity index is 2.63. The number of rotatable bonds is 4. The van der Waals surface area contributed by atoms with Crippen LogP contribution in [0.1, 0.15) is 10.4 Å². The van der Waals surface area contributed by atoms with Gasteiger partial charge in [-0.2, -0.15) is 0 Å². The van der Waals surface area contributed by atoms with Crippen molar-refractivity contribution in [3.8, 4) is 5.75 Å². The van der Waals surface area contributed by atoms with Crippen LogP contribution in [-0.4, -0.2) is 33.8 Å². The molecule has 1 aromatic carbocycles. The maximum Gasteiger partial charge on any atom is 0.255 e. The van der Waals surface area contributed by atoms with Crippen molar-refractivity contribution >= 4 is 32.6 Å². The topological polar surface area (TPSA) is 66.4 Å². The lowest BCUT2D eigenvalue weighted by atomic mass is 10.2. The Bertz CT molecular complexity index is 423. The highest BCUT2D eigenvalue weighted by Gasteiger charge is 2.10. The molecule has 1 amide bonds. The number of benzene rings is 1. The Morgan fingerprint density at radius 3 is 2.81 bits per heavy atom. The van der Waals surface area contributed by atoms with Gasteiger partial charge in [0, 0.05) is 33.8 Å². The predicted molar refractivity (Wildman–Crippen MR) is 67.1 cm³/mol. The summed E-state index contributed by atoms with van der Waals surface area (Å²) in [4.78, 5) is 11.6. The average Bonchev–Trinajstić information content (AvgIpc) is 2.16. The Labute approximate surface area is 105 Å². The van der Waals surface area contributed by atoms with Gasteiger partial charge in [0.15, 0.2) is 0 Å². The number of hydrogen-bond donors (Lipinski definition) is 2. The molecule has 2 N–H and O–H groups in total. The van der Waals surface area contributed by atoms with E-state index < -0.39 is 10.8 Å². The molecule has 88 valence electrons. The van der Waals surface area contributed by atoms with Crippen molar-refractivity contribution in [3.05, 3.63) is 28.2 Å². The lowest BCUT2D eigenvalue weighted by Gasteiger charge is -2.06. The Kier molecular flexibility index (Phi) is 4.95. The molecule has 0 bridgehead atoms. The van der Waals surface area contributed by atoms with Gasteiger partial charge in [0.1, 0.15) is 5.75 Å². The number of carbonyl (C=O) groups excluding carboxylic acids is 1. The van der Waals surface area contributed by atoms with E-state index >= 15 is 0 Å². The Morgan fingerprint density at radius 2 is 2.25 bits per heavy atom. The minimum atomic E-state index is -0.932. The minimum absolute atomic E-state index is 0.0792. The largest absolute Gasteiger partial charge is 0.507 e.